The fourth-order valence-corrected chi connectivity index (χ4v) is 1.12. The van der Waals surface area contributed by atoms with Gasteiger partial charge in [-0.3, -0.25) is 4.79 Å². The number of hydrogen-bond donors (Lipinski definition) is 1. The molecule has 0 bridgehead atoms. The Bertz CT molecular complexity index is 361. The first-order chi connectivity index (χ1) is 7.30. The quantitative estimate of drug-likeness (QED) is 0.858. The first-order valence-corrected chi connectivity index (χ1v) is 5.54. The highest BCUT2D eigenvalue weighted by Gasteiger charge is 2.21. The van der Waals surface area contributed by atoms with E-state index in [9.17, 15) is 4.79 Å². The minimum absolute atomic E-state index is 0.00926. The van der Waals surface area contributed by atoms with Crippen molar-refractivity contribution >= 4 is 5.91 Å². The van der Waals surface area contributed by atoms with Gasteiger partial charge in [-0.25, -0.2) is 0 Å². The van der Waals surface area contributed by atoms with E-state index in [1.54, 1.807) is 0 Å². The predicted octanol–water partition coefficient (Wildman–Crippen LogP) is 2.46. The SMILES string of the molecule is CC(C)c1cc(CNC(=O)C(C)(C)C)on1. The summed E-state index contributed by atoms with van der Waals surface area (Å²) in [5.41, 5.74) is 0.543. The Morgan fingerprint density at radius 3 is 2.56 bits per heavy atom. The van der Waals surface area contributed by atoms with Crippen LogP contribution >= 0.6 is 0 Å². The molecule has 1 N–H and O–H groups in total. The van der Waals surface area contributed by atoms with E-state index in [1.807, 2.05) is 26.8 Å². The third-order valence-electron chi connectivity index (χ3n) is 2.27. The molecule has 0 aromatic carbocycles. The molecular formula is C12H20N2O2. The molecule has 0 fully saturated rings. The molecule has 90 valence electrons. The number of aromatic nitrogens is 1. The molecule has 0 radical (unpaired) electrons. The van der Waals surface area contributed by atoms with E-state index in [2.05, 4.69) is 24.3 Å². The summed E-state index contributed by atoms with van der Waals surface area (Å²) in [6, 6.07) is 1.88. The van der Waals surface area contributed by atoms with Crippen molar-refractivity contribution in [1.29, 1.82) is 0 Å². The van der Waals surface area contributed by atoms with Gasteiger partial charge in [0, 0.05) is 11.5 Å². The summed E-state index contributed by atoms with van der Waals surface area (Å²) in [4.78, 5) is 11.6. The highest BCUT2D eigenvalue weighted by Crippen LogP contribution is 2.15. The number of nitrogens with one attached hydrogen (secondary N) is 1. The van der Waals surface area contributed by atoms with Gasteiger partial charge in [0.15, 0.2) is 5.76 Å². The Balaban J connectivity index is 2.52. The van der Waals surface area contributed by atoms with Crippen LogP contribution in [0.15, 0.2) is 10.6 Å². The summed E-state index contributed by atoms with van der Waals surface area (Å²) >= 11 is 0. The van der Waals surface area contributed by atoms with Crippen LogP contribution in [0.4, 0.5) is 0 Å². The van der Waals surface area contributed by atoms with Gasteiger partial charge in [-0.15, -0.1) is 0 Å². The summed E-state index contributed by atoms with van der Waals surface area (Å²) in [6.07, 6.45) is 0. The molecule has 0 atom stereocenters. The summed E-state index contributed by atoms with van der Waals surface area (Å²) in [6.45, 7) is 10.1. The van der Waals surface area contributed by atoms with Crippen molar-refractivity contribution < 1.29 is 9.32 Å². The molecule has 0 unspecified atom stereocenters. The standard InChI is InChI=1S/C12H20N2O2/c1-8(2)10-6-9(16-14-10)7-13-11(15)12(3,4)5/h6,8H,7H2,1-5H3,(H,13,15). The van der Waals surface area contributed by atoms with E-state index in [-0.39, 0.29) is 11.3 Å². The van der Waals surface area contributed by atoms with E-state index >= 15 is 0 Å². The Kier molecular flexibility index (Phi) is 3.73. The van der Waals surface area contributed by atoms with E-state index in [4.69, 9.17) is 4.52 Å². The van der Waals surface area contributed by atoms with Crippen LogP contribution in [-0.2, 0) is 11.3 Å². The molecule has 4 nitrogen and oxygen atoms in total. The Morgan fingerprint density at radius 1 is 1.50 bits per heavy atom. The summed E-state index contributed by atoms with van der Waals surface area (Å²) in [5.74, 6) is 1.05. The molecule has 0 aliphatic carbocycles. The molecule has 16 heavy (non-hydrogen) atoms. The maximum absolute atomic E-state index is 11.6. The maximum atomic E-state index is 11.6. The Hall–Kier alpha value is -1.32. The molecule has 1 heterocycles. The van der Waals surface area contributed by atoms with E-state index in [0.29, 0.717) is 18.2 Å². The second-order valence-corrected chi connectivity index (χ2v) is 5.31. The maximum Gasteiger partial charge on any atom is 0.225 e. The molecule has 0 saturated heterocycles. The highest BCUT2D eigenvalue weighted by molar-refractivity contribution is 5.81. The van der Waals surface area contributed by atoms with E-state index < -0.39 is 0 Å². The lowest BCUT2D eigenvalue weighted by Gasteiger charge is -2.16. The van der Waals surface area contributed by atoms with Crippen LogP contribution in [0.2, 0.25) is 0 Å². The van der Waals surface area contributed by atoms with E-state index in [0.717, 1.165) is 5.69 Å². The van der Waals surface area contributed by atoms with Crippen molar-refractivity contribution in [2.24, 2.45) is 5.41 Å². The smallest absolute Gasteiger partial charge is 0.225 e. The second kappa shape index (κ2) is 4.68. The van der Waals surface area contributed by atoms with Crippen LogP contribution in [0.1, 0.15) is 52.0 Å². The molecule has 1 aromatic heterocycles. The van der Waals surface area contributed by atoms with Crippen molar-refractivity contribution in [3.8, 4) is 0 Å². The van der Waals surface area contributed by atoms with Crippen LogP contribution in [-0.4, -0.2) is 11.1 Å². The van der Waals surface area contributed by atoms with Crippen molar-refractivity contribution in [2.75, 3.05) is 0 Å². The van der Waals surface area contributed by atoms with Gasteiger partial charge in [0.05, 0.1) is 12.2 Å². The molecule has 1 amide bonds. The molecule has 1 rings (SSSR count). The third kappa shape index (κ3) is 3.36. The fraction of sp³-hybridized carbons (Fsp3) is 0.667. The number of hydrogen-bond acceptors (Lipinski definition) is 3. The Labute approximate surface area is 96.4 Å². The number of carbonyl (C=O) groups is 1. The largest absolute Gasteiger partial charge is 0.359 e. The predicted molar refractivity (Wildman–Crippen MR) is 61.9 cm³/mol. The van der Waals surface area contributed by atoms with Gasteiger partial charge in [-0.2, -0.15) is 0 Å². The lowest BCUT2D eigenvalue weighted by Crippen LogP contribution is -2.34. The number of amides is 1. The van der Waals surface area contributed by atoms with Crippen molar-refractivity contribution in [3.63, 3.8) is 0 Å². The van der Waals surface area contributed by atoms with Gasteiger partial charge in [0.25, 0.3) is 0 Å². The van der Waals surface area contributed by atoms with Gasteiger partial charge < -0.3 is 9.84 Å². The summed E-state index contributed by atoms with van der Waals surface area (Å²) < 4.78 is 5.12. The topological polar surface area (TPSA) is 55.1 Å². The zero-order chi connectivity index (χ0) is 12.3. The van der Waals surface area contributed by atoms with Crippen molar-refractivity contribution in [2.45, 2.75) is 47.1 Å². The molecule has 4 heteroatoms. The fourth-order valence-electron chi connectivity index (χ4n) is 1.12. The average molecular weight is 224 g/mol. The molecule has 0 saturated carbocycles. The number of carbonyl (C=O) groups excluding carboxylic acids is 1. The monoisotopic (exact) mass is 224 g/mol. The van der Waals surface area contributed by atoms with Gasteiger partial charge in [-0.1, -0.05) is 39.8 Å². The third-order valence-corrected chi connectivity index (χ3v) is 2.27. The highest BCUT2D eigenvalue weighted by atomic mass is 16.5. The molecular weight excluding hydrogens is 204 g/mol. The summed E-state index contributed by atoms with van der Waals surface area (Å²) in [7, 11) is 0. The molecule has 0 aliphatic heterocycles. The first kappa shape index (κ1) is 12.7. The van der Waals surface area contributed by atoms with Crippen LogP contribution in [0.5, 0.6) is 0 Å². The minimum Gasteiger partial charge on any atom is -0.359 e. The number of rotatable bonds is 3. The van der Waals surface area contributed by atoms with Crippen LogP contribution in [0, 0.1) is 5.41 Å². The normalized spacial score (nSPS) is 11.9. The van der Waals surface area contributed by atoms with Gasteiger partial charge in [0.1, 0.15) is 0 Å². The molecule has 0 spiro atoms. The Morgan fingerprint density at radius 2 is 2.12 bits per heavy atom. The van der Waals surface area contributed by atoms with Gasteiger partial charge in [-0.05, 0) is 5.92 Å². The van der Waals surface area contributed by atoms with Gasteiger partial charge >= 0.3 is 0 Å². The number of nitrogens with zero attached hydrogens (tertiary/aromatic N) is 1. The average Bonchev–Trinajstić information content (AvgIpc) is 2.60. The zero-order valence-electron chi connectivity index (χ0n) is 10.6. The second-order valence-electron chi connectivity index (χ2n) is 5.31. The van der Waals surface area contributed by atoms with Crippen LogP contribution < -0.4 is 5.32 Å². The van der Waals surface area contributed by atoms with Crippen LogP contribution in [0.25, 0.3) is 0 Å². The van der Waals surface area contributed by atoms with Crippen molar-refractivity contribution in [1.82, 2.24) is 10.5 Å². The van der Waals surface area contributed by atoms with Gasteiger partial charge in [0.2, 0.25) is 5.91 Å². The van der Waals surface area contributed by atoms with Crippen molar-refractivity contribution in [3.05, 3.63) is 17.5 Å². The molecule has 0 aliphatic rings. The minimum atomic E-state index is -0.374. The first-order valence-electron chi connectivity index (χ1n) is 5.54. The lowest BCUT2D eigenvalue weighted by molar-refractivity contribution is -0.128. The molecule has 1 aromatic rings. The van der Waals surface area contributed by atoms with Crippen LogP contribution in [0.3, 0.4) is 0 Å². The summed E-state index contributed by atoms with van der Waals surface area (Å²) in [5, 5.41) is 6.75. The lowest BCUT2D eigenvalue weighted by atomic mass is 9.96. The zero-order valence-corrected chi connectivity index (χ0v) is 10.6. The van der Waals surface area contributed by atoms with E-state index in [1.165, 1.54) is 0 Å².